The van der Waals surface area contributed by atoms with Crippen molar-refractivity contribution in [3.05, 3.63) is 107 Å². The van der Waals surface area contributed by atoms with Gasteiger partial charge >= 0.3 is 6.18 Å². The highest BCUT2D eigenvalue weighted by Crippen LogP contribution is 2.43. The maximum Gasteiger partial charge on any atom is 0.435 e. The quantitative estimate of drug-likeness (QED) is 0.140. The molecule has 2 heterocycles. The van der Waals surface area contributed by atoms with Gasteiger partial charge in [0, 0.05) is 29.8 Å². The highest BCUT2D eigenvalue weighted by Gasteiger charge is 2.44. The number of aromatic nitrogens is 3. The van der Waals surface area contributed by atoms with Gasteiger partial charge in [0.15, 0.2) is 5.69 Å². The van der Waals surface area contributed by atoms with Crippen LogP contribution in [0.25, 0.3) is 5.69 Å². The first-order chi connectivity index (χ1) is 21.7. The second-order valence-corrected chi connectivity index (χ2v) is 14.2. The number of benzene rings is 2. The van der Waals surface area contributed by atoms with Gasteiger partial charge in [-0.3, -0.25) is 9.78 Å². The van der Waals surface area contributed by atoms with E-state index >= 15 is 4.39 Å². The Bertz CT molecular complexity index is 1760. The van der Waals surface area contributed by atoms with E-state index in [1.807, 2.05) is 32.9 Å². The average Bonchev–Trinajstić information content (AvgIpc) is 3.73. The van der Waals surface area contributed by atoms with Crippen LogP contribution in [0, 0.1) is 23.1 Å². The first-order valence-electron chi connectivity index (χ1n) is 14.6. The van der Waals surface area contributed by atoms with Crippen molar-refractivity contribution in [3.8, 4) is 11.8 Å². The number of alkyl halides is 3. The summed E-state index contributed by atoms with van der Waals surface area (Å²) in [6.07, 6.45) is 1.79. The number of nitrogens with zero attached hydrogens (tertiary/aromatic N) is 4. The van der Waals surface area contributed by atoms with Crippen LogP contribution in [0.15, 0.2) is 73.1 Å². The van der Waals surface area contributed by atoms with Crippen LogP contribution in [-0.2, 0) is 23.1 Å². The van der Waals surface area contributed by atoms with Crippen molar-refractivity contribution in [2.24, 2.45) is 5.92 Å². The van der Waals surface area contributed by atoms with Crippen LogP contribution in [-0.4, -0.2) is 30.0 Å². The van der Waals surface area contributed by atoms with Gasteiger partial charge in [-0.1, -0.05) is 31.0 Å². The molecule has 240 valence electrons. The summed E-state index contributed by atoms with van der Waals surface area (Å²) >= 11 is -1.59. The molecule has 2 N–H and O–H groups in total. The number of nitriles is 1. The molecule has 0 spiro atoms. The molecule has 0 radical (unpaired) electrons. The number of nitrogens with one attached hydrogen (secondary N) is 2. The molecule has 0 aliphatic heterocycles. The number of anilines is 1. The van der Waals surface area contributed by atoms with E-state index in [0.29, 0.717) is 29.5 Å². The standard InChI is InChI=1S/C33H32F4N6O2S/c1-31(2,3)46(45)42-32(14-13-21-9-10-21,24-7-5-15-39-20-24)23-11-12-26(34)27(17-23)40-30(44)28-18-29(33(35,36)37)41-43(28)25-8-4-6-22(16-25)19-38/h4-8,11-12,15-18,20-21,42H,9-10,13-14H2,1-3H3,(H,40,44)/t32-,46-/m1/s1. The Morgan fingerprint density at radius 3 is 2.48 bits per heavy atom. The van der Waals surface area contributed by atoms with E-state index in [4.69, 9.17) is 0 Å². The summed E-state index contributed by atoms with van der Waals surface area (Å²) in [6.45, 7) is 5.48. The predicted octanol–water partition coefficient (Wildman–Crippen LogP) is 7.03. The minimum atomic E-state index is -4.88. The van der Waals surface area contributed by atoms with Crippen molar-refractivity contribution < 1.29 is 26.9 Å². The second kappa shape index (κ2) is 12.9. The average molecular weight is 653 g/mol. The molecule has 4 aromatic rings. The summed E-state index contributed by atoms with van der Waals surface area (Å²) in [5.41, 5.74) is -1.90. The normalized spacial score (nSPS) is 15.5. The molecule has 2 aromatic heterocycles. The zero-order chi connectivity index (χ0) is 33.3. The van der Waals surface area contributed by atoms with Gasteiger partial charge in [-0.25, -0.2) is 9.07 Å². The number of pyridine rings is 1. The van der Waals surface area contributed by atoms with Crippen molar-refractivity contribution in [3.63, 3.8) is 0 Å². The van der Waals surface area contributed by atoms with Crippen molar-refractivity contribution in [1.82, 2.24) is 19.5 Å². The number of hydrogen-bond donors (Lipinski definition) is 2. The Hall–Kier alpha value is -4.25. The molecule has 2 aromatic carbocycles. The number of carbonyl (C=O) groups is 1. The van der Waals surface area contributed by atoms with Crippen LogP contribution in [0.5, 0.6) is 0 Å². The third-order valence-corrected chi connectivity index (χ3v) is 9.41. The van der Waals surface area contributed by atoms with Gasteiger partial charge in [-0.2, -0.15) is 23.5 Å². The second-order valence-electron chi connectivity index (χ2n) is 12.2. The Labute approximate surface area is 267 Å². The molecule has 0 bridgehead atoms. The van der Waals surface area contributed by atoms with Gasteiger partial charge in [-0.15, -0.1) is 4.72 Å². The van der Waals surface area contributed by atoms with Crippen LogP contribution in [0.2, 0.25) is 0 Å². The SMILES string of the molecule is CC(C)(C)[S@@+]([O-])N[C@@](CCC1CC1)(c1cccnc1)c1ccc(F)c(NC(=O)c2cc(C(F)(F)F)nn2-c2cccc(C#N)c2)c1. The van der Waals surface area contributed by atoms with E-state index in [1.54, 1.807) is 18.5 Å². The number of halogens is 4. The van der Waals surface area contributed by atoms with Crippen LogP contribution in [0.3, 0.4) is 0 Å². The molecule has 1 aliphatic rings. The number of rotatable bonds is 10. The molecule has 1 saturated carbocycles. The van der Waals surface area contributed by atoms with Crippen LogP contribution >= 0.6 is 0 Å². The largest absolute Gasteiger partial charge is 0.598 e. The van der Waals surface area contributed by atoms with E-state index in [1.165, 1.54) is 36.4 Å². The summed E-state index contributed by atoms with van der Waals surface area (Å²) in [4.78, 5) is 17.9. The lowest BCUT2D eigenvalue weighted by atomic mass is 9.80. The smallest absolute Gasteiger partial charge is 0.435 e. The van der Waals surface area contributed by atoms with E-state index in [0.717, 1.165) is 30.0 Å². The number of carbonyl (C=O) groups excluding carboxylic acids is 1. The van der Waals surface area contributed by atoms with Crippen molar-refractivity contribution >= 4 is 23.0 Å². The molecule has 13 heteroatoms. The Kier molecular flexibility index (Phi) is 9.26. The minimum absolute atomic E-state index is 0.0402. The first-order valence-corrected chi connectivity index (χ1v) is 15.8. The fraction of sp³-hybridized carbons (Fsp3) is 0.333. The van der Waals surface area contributed by atoms with Crippen molar-refractivity contribution in [2.45, 2.75) is 62.9 Å². The summed E-state index contributed by atoms with van der Waals surface area (Å²) < 4.78 is 73.5. The lowest BCUT2D eigenvalue weighted by molar-refractivity contribution is -0.141. The highest BCUT2D eigenvalue weighted by molar-refractivity contribution is 7.90. The van der Waals surface area contributed by atoms with Gasteiger partial charge in [0.1, 0.15) is 21.8 Å². The van der Waals surface area contributed by atoms with Gasteiger partial charge in [0.05, 0.1) is 23.0 Å². The molecular weight excluding hydrogens is 620 g/mol. The summed E-state index contributed by atoms with van der Waals surface area (Å²) in [7, 11) is 0. The third kappa shape index (κ3) is 7.25. The molecule has 1 fully saturated rings. The fourth-order valence-corrected chi connectivity index (χ4v) is 6.00. The van der Waals surface area contributed by atoms with Crippen LogP contribution in [0.1, 0.15) is 79.3 Å². The van der Waals surface area contributed by atoms with Gasteiger partial charge in [0.2, 0.25) is 0 Å². The molecule has 1 amide bonds. The third-order valence-electron chi connectivity index (χ3n) is 7.76. The van der Waals surface area contributed by atoms with Gasteiger partial charge in [0.25, 0.3) is 5.91 Å². The Morgan fingerprint density at radius 2 is 1.85 bits per heavy atom. The minimum Gasteiger partial charge on any atom is -0.598 e. The summed E-state index contributed by atoms with van der Waals surface area (Å²) in [6, 6.07) is 15.7. The lowest BCUT2D eigenvalue weighted by Gasteiger charge is -2.38. The zero-order valence-corrected chi connectivity index (χ0v) is 26.2. The predicted molar refractivity (Wildman–Crippen MR) is 166 cm³/mol. The molecule has 5 rings (SSSR count). The van der Waals surface area contributed by atoms with E-state index in [-0.39, 0.29) is 16.9 Å². The topological polar surface area (TPSA) is 119 Å². The maximum atomic E-state index is 15.4. The summed E-state index contributed by atoms with van der Waals surface area (Å²) in [5, 5.41) is 15.3. The Balaban J connectivity index is 1.59. The van der Waals surface area contributed by atoms with Crippen LogP contribution < -0.4 is 10.0 Å². The zero-order valence-electron chi connectivity index (χ0n) is 25.4. The molecule has 0 unspecified atom stereocenters. The monoisotopic (exact) mass is 652 g/mol. The van der Waals surface area contributed by atoms with Crippen molar-refractivity contribution in [1.29, 1.82) is 5.26 Å². The van der Waals surface area contributed by atoms with E-state index < -0.39 is 50.9 Å². The fourth-order valence-electron chi connectivity index (χ4n) is 5.04. The first kappa shape index (κ1) is 33.1. The molecule has 1 aliphatic carbocycles. The van der Waals surface area contributed by atoms with Gasteiger partial charge in [-0.05, 0) is 87.1 Å². The highest BCUT2D eigenvalue weighted by atomic mass is 32.2. The number of hydrogen-bond acceptors (Lipinski definition) is 6. The van der Waals surface area contributed by atoms with E-state index in [2.05, 4.69) is 20.1 Å². The molecule has 0 saturated heterocycles. The lowest BCUT2D eigenvalue weighted by Crippen LogP contribution is -2.52. The molecule has 2 atom stereocenters. The maximum absolute atomic E-state index is 15.4. The van der Waals surface area contributed by atoms with Gasteiger partial charge < -0.3 is 9.87 Å². The molecular formula is C33H32F4N6O2S. The summed E-state index contributed by atoms with van der Waals surface area (Å²) in [5.74, 6) is -1.40. The number of amides is 1. The van der Waals surface area contributed by atoms with Crippen LogP contribution in [0.4, 0.5) is 23.2 Å². The van der Waals surface area contributed by atoms with E-state index in [9.17, 15) is 27.8 Å². The van der Waals surface area contributed by atoms with Crippen molar-refractivity contribution in [2.75, 3.05) is 5.32 Å². The Morgan fingerprint density at radius 1 is 1.09 bits per heavy atom. The molecule has 46 heavy (non-hydrogen) atoms. The molecule has 8 nitrogen and oxygen atoms in total.